The van der Waals surface area contributed by atoms with Crippen molar-refractivity contribution >= 4 is 23.0 Å². The van der Waals surface area contributed by atoms with Gasteiger partial charge in [0.1, 0.15) is 10.7 Å². The Kier molecular flexibility index (Phi) is 3.26. The van der Waals surface area contributed by atoms with E-state index in [9.17, 15) is 10.1 Å². The van der Waals surface area contributed by atoms with Crippen LogP contribution in [0.1, 0.15) is 0 Å². The van der Waals surface area contributed by atoms with Gasteiger partial charge < -0.3 is 10.2 Å². The van der Waals surface area contributed by atoms with Crippen LogP contribution in [0.4, 0.5) is 11.4 Å². The summed E-state index contributed by atoms with van der Waals surface area (Å²) in [5, 5.41) is 14.4. The van der Waals surface area contributed by atoms with Crippen LogP contribution >= 0.6 is 11.6 Å². The third-order valence-electron chi connectivity index (χ3n) is 2.61. The van der Waals surface area contributed by atoms with Crippen molar-refractivity contribution in [3.05, 3.63) is 33.3 Å². The Labute approximate surface area is 98.2 Å². The molecule has 1 aromatic carbocycles. The van der Waals surface area contributed by atoms with Crippen molar-refractivity contribution in [2.75, 3.05) is 31.1 Å². The van der Waals surface area contributed by atoms with Crippen LogP contribution in [0.2, 0.25) is 5.02 Å². The second-order valence-corrected chi connectivity index (χ2v) is 4.01. The third kappa shape index (κ3) is 2.10. The molecule has 0 aliphatic carbocycles. The molecular weight excluding hydrogens is 230 g/mol. The van der Waals surface area contributed by atoms with Gasteiger partial charge in [0.05, 0.1) is 4.92 Å². The highest BCUT2D eigenvalue weighted by Gasteiger charge is 2.23. The Bertz CT molecular complexity index is 405. The van der Waals surface area contributed by atoms with Crippen molar-refractivity contribution in [3.8, 4) is 0 Å². The molecule has 1 heterocycles. The van der Waals surface area contributed by atoms with E-state index in [0.29, 0.717) is 5.69 Å². The van der Waals surface area contributed by atoms with Gasteiger partial charge in [-0.05, 0) is 12.1 Å². The van der Waals surface area contributed by atoms with Crippen molar-refractivity contribution in [1.29, 1.82) is 0 Å². The first-order chi connectivity index (χ1) is 7.70. The third-order valence-corrected chi connectivity index (χ3v) is 2.91. The van der Waals surface area contributed by atoms with Gasteiger partial charge in [-0.1, -0.05) is 17.7 Å². The quantitative estimate of drug-likeness (QED) is 0.632. The maximum atomic E-state index is 11.0. The lowest BCUT2D eigenvalue weighted by Crippen LogP contribution is -2.43. The van der Waals surface area contributed by atoms with Gasteiger partial charge in [-0.3, -0.25) is 10.1 Å². The molecule has 1 fully saturated rings. The van der Waals surface area contributed by atoms with Crippen LogP contribution in [0.25, 0.3) is 0 Å². The molecule has 1 N–H and O–H groups in total. The number of nitrogens with one attached hydrogen (secondary N) is 1. The first kappa shape index (κ1) is 11.2. The molecule has 1 aromatic rings. The molecular formula is C10H12ClN3O2. The van der Waals surface area contributed by atoms with Crippen LogP contribution in [0.5, 0.6) is 0 Å². The lowest BCUT2D eigenvalue weighted by Gasteiger charge is -2.29. The molecule has 1 aliphatic heterocycles. The zero-order valence-corrected chi connectivity index (χ0v) is 9.41. The number of para-hydroxylation sites is 1. The van der Waals surface area contributed by atoms with Gasteiger partial charge in [-0.15, -0.1) is 0 Å². The van der Waals surface area contributed by atoms with E-state index in [1.54, 1.807) is 18.2 Å². The van der Waals surface area contributed by atoms with Gasteiger partial charge in [-0.25, -0.2) is 0 Å². The lowest BCUT2D eigenvalue weighted by molar-refractivity contribution is -0.384. The molecule has 0 unspecified atom stereocenters. The minimum Gasteiger partial charge on any atom is -0.363 e. The van der Waals surface area contributed by atoms with E-state index in [-0.39, 0.29) is 10.7 Å². The molecule has 0 radical (unpaired) electrons. The number of piperazine rings is 1. The summed E-state index contributed by atoms with van der Waals surface area (Å²) in [7, 11) is 0. The highest BCUT2D eigenvalue weighted by atomic mass is 35.5. The molecule has 0 spiro atoms. The van der Waals surface area contributed by atoms with E-state index in [2.05, 4.69) is 5.32 Å². The van der Waals surface area contributed by atoms with E-state index in [1.165, 1.54) is 0 Å². The SMILES string of the molecule is O=[N+]([O-])c1c(Cl)cccc1N1CCNCC1. The first-order valence-corrected chi connectivity index (χ1v) is 5.46. The molecule has 5 nitrogen and oxygen atoms in total. The Balaban J connectivity index is 2.38. The summed E-state index contributed by atoms with van der Waals surface area (Å²) in [6.45, 7) is 3.20. The summed E-state index contributed by atoms with van der Waals surface area (Å²) in [5.74, 6) is 0. The van der Waals surface area contributed by atoms with E-state index >= 15 is 0 Å². The van der Waals surface area contributed by atoms with Crippen LogP contribution in [-0.2, 0) is 0 Å². The molecule has 2 rings (SSSR count). The maximum absolute atomic E-state index is 11.0. The largest absolute Gasteiger partial charge is 0.363 e. The Morgan fingerprint density at radius 2 is 2.06 bits per heavy atom. The highest BCUT2D eigenvalue weighted by molar-refractivity contribution is 6.33. The van der Waals surface area contributed by atoms with Gasteiger partial charge in [0.2, 0.25) is 0 Å². The minimum absolute atomic E-state index is 0.00562. The summed E-state index contributed by atoms with van der Waals surface area (Å²) in [6.07, 6.45) is 0. The predicted octanol–water partition coefficient (Wildman–Crippen LogP) is 1.66. The molecule has 6 heteroatoms. The number of halogens is 1. The smallest absolute Gasteiger partial charge is 0.310 e. The van der Waals surface area contributed by atoms with Crippen molar-refractivity contribution in [3.63, 3.8) is 0 Å². The van der Waals surface area contributed by atoms with Crippen molar-refractivity contribution < 1.29 is 4.92 Å². The number of rotatable bonds is 2. The molecule has 0 saturated carbocycles. The van der Waals surface area contributed by atoms with Crippen LogP contribution in [0.15, 0.2) is 18.2 Å². The maximum Gasteiger partial charge on any atom is 0.310 e. The van der Waals surface area contributed by atoms with E-state index in [0.717, 1.165) is 26.2 Å². The second-order valence-electron chi connectivity index (χ2n) is 3.60. The fourth-order valence-electron chi connectivity index (χ4n) is 1.85. The van der Waals surface area contributed by atoms with Crippen molar-refractivity contribution in [2.24, 2.45) is 0 Å². The number of nitro benzene ring substituents is 1. The monoisotopic (exact) mass is 241 g/mol. The molecule has 16 heavy (non-hydrogen) atoms. The Hall–Kier alpha value is -1.33. The van der Waals surface area contributed by atoms with E-state index < -0.39 is 4.92 Å². The second kappa shape index (κ2) is 4.67. The summed E-state index contributed by atoms with van der Waals surface area (Å²) in [6, 6.07) is 5.04. The summed E-state index contributed by atoms with van der Waals surface area (Å²) in [5.41, 5.74) is 0.616. The standard InChI is InChI=1S/C10H12ClN3O2/c11-8-2-1-3-9(10(8)14(15)16)13-6-4-12-5-7-13/h1-3,12H,4-7H2. The predicted molar refractivity (Wildman–Crippen MR) is 63.2 cm³/mol. The number of nitrogens with zero attached hydrogens (tertiary/aromatic N) is 2. The summed E-state index contributed by atoms with van der Waals surface area (Å²) >= 11 is 5.86. The Morgan fingerprint density at radius 1 is 1.38 bits per heavy atom. The topological polar surface area (TPSA) is 58.4 Å². The molecule has 86 valence electrons. The van der Waals surface area contributed by atoms with Crippen molar-refractivity contribution in [1.82, 2.24) is 5.32 Å². The zero-order valence-electron chi connectivity index (χ0n) is 8.65. The van der Waals surface area contributed by atoms with Crippen LogP contribution in [-0.4, -0.2) is 31.1 Å². The minimum atomic E-state index is -0.417. The normalized spacial score (nSPS) is 16.2. The number of anilines is 1. The van der Waals surface area contributed by atoms with Crippen LogP contribution < -0.4 is 10.2 Å². The van der Waals surface area contributed by atoms with Gasteiger partial charge >= 0.3 is 5.69 Å². The number of hydrogen-bond donors (Lipinski definition) is 1. The number of benzene rings is 1. The highest BCUT2D eigenvalue weighted by Crippen LogP contribution is 2.34. The van der Waals surface area contributed by atoms with E-state index in [1.807, 2.05) is 4.90 Å². The van der Waals surface area contributed by atoms with Crippen LogP contribution in [0.3, 0.4) is 0 Å². The number of nitro groups is 1. The fraction of sp³-hybridized carbons (Fsp3) is 0.400. The average molecular weight is 242 g/mol. The lowest BCUT2D eigenvalue weighted by atomic mass is 10.2. The Morgan fingerprint density at radius 3 is 2.69 bits per heavy atom. The molecule has 0 atom stereocenters. The fourth-order valence-corrected chi connectivity index (χ4v) is 2.08. The first-order valence-electron chi connectivity index (χ1n) is 5.08. The average Bonchev–Trinajstić information content (AvgIpc) is 2.29. The van der Waals surface area contributed by atoms with Gasteiger partial charge in [0.15, 0.2) is 0 Å². The molecule has 0 bridgehead atoms. The molecule has 1 saturated heterocycles. The number of hydrogen-bond acceptors (Lipinski definition) is 4. The molecule has 1 aliphatic rings. The van der Waals surface area contributed by atoms with Gasteiger partial charge in [0.25, 0.3) is 0 Å². The van der Waals surface area contributed by atoms with Gasteiger partial charge in [0, 0.05) is 26.2 Å². The summed E-state index contributed by atoms with van der Waals surface area (Å²) < 4.78 is 0. The van der Waals surface area contributed by atoms with E-state index in [4.69, 9.17) is 11.6 Å². The van der Waals surface area contributed by atoms with Crippen LogP contribution in [0, 0.1) is 10.1 Å². The van der Waals surface area contributed by atoms with Gasteiger partial charge in [-0.2, -0.15) is 0 Å². The van der Waals surface area contributed by atoms with Crippen molar-refractivity contribution in [2.45, 2.75) is 0 Å². The summed E-state index contributed by atoms with van der Waals surface area (Å²) in [4.78, 5) is 12.5. The zero-order chi connectivity index (χ0) is 11.5. The molecule has 0 aromatic heterocycles. The molecule has 0 amide bonds.